The van der Waals surface area contributed by atoms with Crippen molar-refractivity contribution in [2.24, 2.45) is 0 Å². The average Bonchev–Trinajstić information content (AvgIpc) is 2.42. The Kier molecular flexibility index (Phi) is 22.0. The van der Waals surface area contributed by atoms with E-state index in [1.165, 1.54) is 70.6 Å². The minimum absolute atomic E-state index is 0. The van der Waals surface area contributed by atoms with Gasteiger partial charge in [0, 0.05) is 0 Å². The third-order valence-corrected chi connectivity index (χ3v) is 4.17. The minimum atomic E-state index is -4.74. The summed E-state index contributed by atoms with van der Waals surface area (Å²) in [5, 5.41) is 0. The molecule has 0 aliphatic heterocycles. The third-order valence-electron chi connectivity index (χ3n) is 3.72. The fourth-order valence-electron chi connectivity index (χ4n) is 2.46. The molecule has 0 rings (SSSR count). The predicted molar refractivity (Wildman–Crippen MR) is 87.4 cm³/mol. The van der Waals surface area contributed by atoms with Crippen molar-refractivity contribution in [3.63, 3.8) is 0 Å². The maximum Gasteiger partial charge on any atom is 1.00 e. The van der Waals surface area contributed by atoms with Gasteiger partial charge in [-0.2, -0.15) is 8.42 Å². The van der Waals surface area contributed by atoms with Crippen LogP contribution >= 0.6 is 0 Å². The van der Waals surface area contributed by atoms with Gasteiger partial charge in [0.2, 0.25) is 0 Å². The second-order valence-electron chi connectivity index (χ2n) is 5.81. The van der Waals surface area contributed by atoms with Crippen LogP contribution < -0.4 is 51.4 Å². The van der Waals surface area contributed by atoms with Gasteiger partial charge in [0.1, 0.15) is 0 Å². The molecule has 6 heteroatoms. The Balaban J connectivity index is -0.00000200. The van der Waals surface area contributed by atoms with Gasteiger partial charge in [0.25, 0.3) is 0 Å². The number of halogens is 1. The minimum Gasteiger partial charge on any atom is -1.00 e. The first-order chi connectivity index (χ1) is 10.1. The third kappa shape index (κ3) is 23.7. The van der Waals surface area contributed by atoms with Crippen molar-refractivity contribution in [2.45, 2.75) is 96.8 Å². The first kappa shape index (κ1) is 25.7. The van der Waals surface area contributed by atoms with Gasteiger partial charge in [-0.15, -0.1) is 0 Å². The molecule has 0 saturated carbocycles. The fraction of sp³-hybridized carbons (Fsp3) is 1.00. The van der Waals surface area contributed by atoms with E-state index in [4.69, 9.17) is 0 Å². The van der Waals surface area contributed by atoms with E-state index in [0.29, 0.717) is 6.42 Å². The standard InChI is InChI=1S/C16H33FO3S.K.H/c1-2-3-4-5-6-7-8-9-10-11-12-13-14-15-16-20-21(17,18)19;;/h2-16H2,1H3;;/q;+1;-1. The fourth-order valence-corrected chi connectivity index (χ4v) is 2.77. The predicted octanol–water partition coefficient (Wildman–Crippen LogP) is 2.82. The first-order valence-corrected chi connectivity index (χ1v) is 9.96. The number of unbranched alkanes of at least 4 members (excludes halogenated alkanes) is 13. The summed E-state index contributed by atoms with van der Waals surface area (Å²) in [4.78, 5) is 0. The summed E-state index contributed by atoms with van der Waals surface area (Å²) in [6, 6.07) is 0. The molecule has 0 atom stereocenters. The van der Waals surface area contributed by atoms with Crippen LogP contribution in [0.2, 0.25) is 0 Å². The molecule has 0 aliphatic carbocycles. The van der Waals surface area contributed by atoms with Crippen LogP contribution in [0.15, 0.2) is 0 Å². The maximum atomic E-state index is 12.0. The summed E-state index contributed by atoms with van der Waals surface area (Å²) in [6.07, 6.45) is 17.2. The molecule has 0 aromatic rings. The Labute approximate surface area is 181 Å². The van der Waals surface area contributed by atoms with Gasteiger partial charge in [-0.25, -0.2) is 4.18 Å². The van der Waals surface area contributed by atoms with Crippen molar-refractivity contribution in [3.8, 4) is 0 Å². The molecule has 0 radical (unpaired) electrons. The van der Waals surface area contributed by atoms with Crippen LogP contribution in [-0.2, 0) is 14.7 Å². The van der Waals surface area contributed by atoms with Crippen LogP contribution in [0.4, 0.5) is 3.89 Å². The average molecular weight is 365 g/mol. The summed E-state index contributed by atoms with van der Waals surface area (Å²) < 4.78 is 36.2. The van der Waals surface area contributed by atoms with Crippen molar-refractivity contribution in [1.29, 1.82) is 0 Å². The summed E-state index contributed by atoms with van der Waals surface area (Å²) in [5.74, 6) is 0. The molecule has 0 fully saturated rings. The molecule has 0 spiro atoms. The quantitative estimate of drug-likeness (QED) is 0.240. The molecule has 0 unspecified atom stereocenters. The number of hydrogen-bond donors (Lipinski definition) is 0. The largest absolute Gasteiger partial charge is 1.00 e. The van der Waals surface area contributed by atoms with E-state index < -0.39 is 10.5 Å². The molecule has 130 valence electrons. The van der Waals surface area contributed by atoms with E-state index >= 15 is 0 Å². The molecule has 0 aromatic heterocycles. The van der Waals surface area contributed by atoms with Crippen LogP contribution in [0, 0.1) is 0 Å². The molecule has 0 amide bonds. The zero-order chi connectivity index (χ0) is 15.8. The van der Waals surface area contributed by atoms with Crippen molar-refractivity contribution >= 4 is 10.5 Å². The van der Waals surface area contributed by atoms with Gasteiger partial charge in [-0.3, -0.25) is 0 Å². The second kappa shape index (κ2) is 18.8. The molecule has 0 saturated heterocycles. The second-order valence-corrected chi connectivity index (χ2v) is 6.83. The molecule has 0 aromatic carbocycles. The van der Waals surface area contributed by atoms with Crippen molar-refractivity contribution in [2.75, 3.05) is 6.61 Å². The van der Waals surface area contributed by atoms with Crippen LogP contribution in [0.1, 0.15) is 98.2 Å². The topological polar surface area (TPSA) is 43.4 Å². The number of rotatable bonds is 16. The van der Waals surface area contributed by atoms with Crippen LogP contribution in [0.3, 0.4) is 0 Å². The summed E-state index contributed by atoms with van der Waals surface area (Å²) >= 11 is 0. The van der Waals surface area contributed by atoms with Crippen molar-refractivity contribution < 1.29 is 69.3 Å². The zero-order valence-corrected chi connectivity index (χ0v) is 18.6. The summed E-state index contributed by atoms with van der Waals surface area (Å²) in [5.41, 5.74) is 0. The molecular formula is C16H34FKO3S. The molecule has 3 nitrogen and oxygen atoms in total. The van der Waals surface area contributed by atoms with Crippen LogP contribution in [-0.4, -0.2) is 15.0 Å². The van der Waals surface area contributed by atoms with Crippen molar-refractivity contribution in [1.82, 2.24) is 0 Å². The zero-order valence-electron chi connectivity index (χ0n) is 15.6. The van der Waals surface area contributed by atoms with Gasteiger partial charge in [0.05, 0.1) is 6.61 Å². The maximum absolute atomic E-state index is 12.0. The Hall–Kier alpha value is 1.48. The van der Waals surface area contributed by atoms with E-state index in [0.717, 1.165) is 12.8 Å². The molecule has 0 heterocycles. The Morgan fingerprint density at radius 1 is 0.727 bits per heavy atom. The van der Waals surface area contributed by atoms with Gasteiger partial charge in [0.15, 0.2) is 0 Å². The number of hydrogen-bond acceptors (Lipinski definition) is 3. The van der Waals surface area contributed by atoms with E-state index in [1.54, 1.807) is 0 Å². The van der Waals surface area contributed by atoms with Crippen LogP contribution in [0.5, 0.6) is 0 Å². The van der Waals surface area contributed by atoms with Gasteiger partial charge < -0.3 is 1.43 Å². The molecule has 0 N–H and O–H groups in total. The first-order valence-electron chi connectivity index (χ1n) is 8.65. The summed E-state index contributed by atoms with van der Waals surface area (Å²) in [7, 11) is -4.74. The monoisotopic (exact) mass is 364 g/mol. The summed E-state index contributed by atoms with van der Waals surface area (Å²) in [6.45, 7) is 2.22. The van der Waals surface area contributed by atoms with Crippen molar-refractivity contribution in [3.05, 3.63) is 0 Å². The molecule has 0 bridgehead atoms. The van der Waals surface area contributed by atoms with Gasteiger partial charge in [-0.05, 0) is 6.42 Å². The van der Waals surface area contributed by atoms with E-state index in [1.807, 2.05) is 0 Å². The Bertz CT molecular complexity index is 316. The van der Waals surface area contributed by atoms with E-state index in [-0.39, 0.29) is 59.4 Å². The SMILES string of the molecule is CCCCCCCCCCCCCCCCOS(=O)(=O)F.[H-].[K+]. The Morgan fingerprint density at radius 2 is 1.05 bits per heavy atom. The molecule has 22 heavy (non-hydrogen) atoms. The van der Waals surface area contributed by atoms with E-state index in [9.17, 15) is 12.3 Å². The molecular weight excluding hydrogens is 330 g/mol. The molecule has 0 aliphatic rings. The van der Waals surface area contributed by atoms with Gasteiger partial charge in [-0.1, -0.05) is 94.3 Å². The van der Waals surface area contributed by atoms with E-state index in [2.05, 4.69) is 11.1 Å². The smallest absolute Gasteiger partial charge is 1.00 e. The van der Waals surface area contributed by atoms with Gasteiger partial charge >= 0.3 is 61.9 Å². The Morgan fingerprint density at radius 3 is 1.36 bits per heavy atom. The normalized spacial score (nSPS) is 11.4. The van der Waals surface area contributed by atoms with Crippen LogP contribution in [0.25, 0.3) is 0 Å².